The summed E-state index contributed by atoms with van der Waals surface area (Å²) in [5.41, 5.74) is 2.19. The Balaban J connectivity index is 1.14. The quantitative estimate of drug-likeness (QED) is 0.414. The molecule has 3 aromatic rings. The largest absolute Gasteiger partial charge is 0.497 e. The third kappa shape index (κ3) is 5.25. The molecule has 1 N–H and O–H groups in total. The minimum Gasteiger partial charge on any atom is -0.497 e. The van der Waals surface area contributed by atoms with Crippen LogP contribution >= 0.6 is 11.6 Å². The molecule has 3 amide bonds. The molecule has 3 aromatic carbocycles. The third-order valence-corrected chi connectivity index (χ3v) is 9.12. The van der Waals surface area contributed by atoms with E-state index in [-0.39, 0.29) is 30.2 Å². The Labute approximate surface area is 250 Å². The zero-order chi connectivity index (χ0) is 29.4. The van der Waals surface area contributed by atoms with E-state index in [0.717, 1.165) is 24.0 Å². The summed E-state index contributed by atoms with van der Waals surface area (Å²) >= 11 is 6.02. The number of hydrogen-bond donors (Lipinski definition) is 1. The van der Waals surface area contributed by atoms with Crippen LogP contribution in [0.2, 0.25) is 5.02 Å². The number of benzene rings is 3. The number of nitrogens with zero attached hydrogens (tertiary/aromatic N) is 3. The Kier molecular flexibility index (Phi) is 7.68. The van der Waals surface area contributed by atoms with Crippen LogP contribution in [0.1, 0.15) is 57.5 Å². The van der Waals surface area contributed by atoms with Crippen molar-refractivity contribution in [1.29, 1.82) is 0 Å². The van der Waals surface area contributed by atoms with Crippen LogP contribution in [0.5, 0.6) is 5.75 Å². The summed E-state index contributed by atoms with van der Waals surface area (Å²) < 4.78 is 5.21. The number of piperidine rings is 2. The van der Waals surface area contributed by atoms with Gasteiger partial charge in [0.15, 0.2) is 0 Å². The number of likely N-dealkylation sites (tertiary alicyclic amines) is 1. The maximum atomic E-state index is 13.6. The molecule has 9 heteroatoms. The van der Waals surface area contributed by atoms with E-state index in [4.69, 9.17) is 16.3 Å². The first-order valence-corrected chi connectivity index (χ1v) is 14.8. The van der Waals surface area contributed by atoms with Crippen LogP contribution in [0, 0.1) is 5.92 Å². The highest BCUT2D eigenvalue weighted by atomic mass is 35.5. The van der Waals surface area contributed by atoms with Gasteiger partial charge in [-0.05, 0) is 73.2 Å². The third-order valence-electron chi connectivity index (χ3n) is 8.87. The molecule has 3 aliphatic rings. The molecule has 0 bridgehead atoms. The average molecular weight is 588 g/mol. The number of aliphatic hydroxyl groups is 1. The van der Waals surface area contributed by atoms with Crippen LogP contribution in [-0.2, 0) is 16.9 Å². The molecule has 2 fully saturated rings. The van der Waals surface area contributed by atoms with Crippen molar-refractivity contribution >= 4 is 35.0 Å². The van der Waals surface area contributed by atoms with Crippen molar-refractivity contribution in [3.8, 4) is 5.75 Å². The Morgan fingerprint density at radius 2 is 1.69 bits per heavy atom. The van der Waals surface area contributed by atoms with Gasteiger partial charge in [-0.15, -0.1) is 0 Å². The summed E-state index contributed by atoms with van der Waals surface area (Å²) in [5, 5.41) is 11.9. The number of fused-ring (bicyclic) bond motifs is 1. The second-order valence-electron chi connectivity index (χ2n) is 11.4. The fraction of sp³-hybridized carbons (Fsp3) is 0.364. The number of imide groups is 1. The molecule has 218 valence electrons. The maximum Gasteiger partial charge on any atom is 0.263 e. The minimum atomic E-state index is -0.977. The fourth-order valence-corrected chi connectivity index (χ4v) is 6.56. The number of carbonyl (C=O) groups excluding carboxylic acids is 3. The monoisotopic (exact) mass is 587 g/mol. The molecular weight excluding hydrogens is 554 g/mol. The molecule has 0 aromatic heterocycles. The lowest BCUT2D eigenvalue weighted by Crippen LogP contribution is -2.50. The van der Waals surface area contributed by atoms with Crippen LogP contribution in [-0.4, -0.2) is 65.9 Å². The van der Waals surface area contributed by atoms with Crippen LogP contribution in [0.15, 0.2) is 66.7 Å². The number of anilines is 1. The van der Waals surface area contributed by atoms with Crippen molar-refractivity contribution in [1.82, 2.24) is 9.80 Å². The van der Waals surface area contributed by atoms with Crippen molar-refractivity contribution in [2.45, 2.75) is 37.8 Å². The van der Waals surface area contributed by atoms with Crippen molar-refractivity contribution in [2.24, 2.45) is 5.92 Å². The molecule has 6 rings (SSSR count). The highest BCUT2D eigenvalue weighted by molar-refractivity contribution is 6.30. The van der Waals surface area contributed by atoms with Gasteiger partial charge in [-0.2, -0.15) is 0 Å². The highest BCUT2D eigenvalue weighted by Gasteiger charge is 2.41. The summed E-state index contributed by atoms with van der Waals surface area (Å²) in [4.78, 5) is 45.8. The first-order valence-electron chi connectivity index (χ1n) is 14.4. The van der Waals surface area contributed by atoms with Crippen molar-refractivity contribution < 1.29 is 24.2 Å². The summed E-state index contributed by atoms with van der Waals surface area (Å²) in [5.74, 6) is -0.0570. The minimum absolute atomic E-state index is 0.0777. The van der Waals surface area contributed by atoms with E-state index in [9.17, 15) is 19.5 Å². The molecule has 3 heterocycles. The second-order valence-corrected chi connectivity index (χ2v) is 11.8. The van der Waals surface area contributed by atoms with E-state index in [1.807, 2.05) is 53.4 Å². The summed E-state index contributed by atoms with van der Waals surface area (Å²) in [6, 6.07) is 20.0. The molecule has 42 heavy (non-hydrogen) atoms. The van der Waals surface area contributed by atoms with Crippen molar-refractivity contribution in [3.05, 3.63) is 94.0 Å². The van der Waals surface area contributed by atoms with E-state index >= 15 is 0 Å². The highest BCUT2D eigenvalue weighted by Crippen LogP contribution is 2.37. The van der Waals surface area contributed by atoms with Crippen LogP contribution < -0.4 is 9.64 Å². The second kappa shape index (κ2) is 11.4. The van der Waals surface area contributed by atoms with Gasteiger partial charge in [0, 0.05) is 31.2 Å². The van der Waals surface area contributed by atoms with Gasteiger partial charge < -0.3 is 19.6 Å². The van der Waals surface area contributed by atoms with Crippen molar-refractivity contribution in [2.75, 3.05) is 38.2 Å². The van der Waals surface area contributed by atoms with Crippen LogP contribution in [0.4, 0.5) is 5.69 Å². The lowest BCUT2D eigenvalue weighted by atomic mass is 9.84. The molecule has 0 radical (unpaired) electrons. The van der Waals surface area contributed by atoms with Gasteiger partial charge in [0.25, 0.3) is 11.8 Å². The maximum absolute atomic E-state index is 13.6. The number of ether oxygens (including phenoxy) is 1. The molecule has 8 nitrogen and oxygen atoms in total. The van der Waals surface area contributed by atoms with Gasteiger partial charge >= 0.3 is 0 Å². The van der Waals surface area contributed by atoms with Crippen molar-refractivity contribution in [3.63, 3.8) is 0 Å². The Hall–Kier alpha value is -3.88. The molecular formula is C33H34ClN3O5. The van der Waals surface area contributed by atoms with Gasteiger partial charge in [-0.3, -0.25) is 19.3 Å². The molecule has 0 spiro atoms. The van der Waals surface area contributed by atoms with Gasteiger partial charge in [0.05, 0.1) is 42.0 Å². The number of methoxy groups -OCH3 is 1. The summed E-state index contributed by atoms with van der Waals surface area (Å²) in [6.45, 7) is 2.31. The number of carbonyl (C=O) groups is 3. The first kappa shape index (κ1) is 28.2. The Morgan fingerprint density at radius 3 is 2.38 bits per heavy atom. The summed E-state index contributed by atoms with van der Waals surface area (Å²) in [7, 11) is 1.59. The molecule has 1 atom stereocenters. The van der Waals surface area contributed by atoms with Gasteiger partial charge in [-0.25, -0.2) is 0 Å². The average Bonchev–Trinajstić information content (AvgIpc) is 3.26. The van der Waals surface area contributed by atoms with E-state index in [0.29, 0.717) is 66.6 Å². The first-order chi connectivity index (χ1) is 20.3. The van der Waals surface area contributed by atoms with Crippen LogP contribution in [0.25, 0.3) is 0 Å². The molecule has 0 saturated carbocycles. The molecule has 3 aliphatic heterocycles. The van der Waals surface area contributed by atoms with E-state index < -0.39 is 5.60 Å². The zero-order valence-electron chi connectivity index (χ0n) is 23.6. The van der Waals surface area contributed by atoms with E-state index in [1.54, 1.807) is 25.3 Å². The lowest BCUT2D eigenvalue weighted by Gasteiger charge is -2.41. The zero-order valence-corrected chi connectivity index (χ0v) is 24.3. The number of amides is 3. The van der Waals surface area contributed by atoms with Crippen LogP contribution in [0.3, 0.4) is 0 Å². The Bertz CT molecular complexity index is 1500. The molecule has 1 unspecified atom stereocenters. The topological polar surface area (TPSA) is 90.4 Å². The lowest BCUT2D eigenvalue weighted by molar-refractivity contribution is -0.140. The van der Waals surface area contributed by atoms with Gasteiger partial charge in [0.2, 0.25) is 5.91 Å². The van der Waals surface area contributed by atoms with E-state index in [2.05, 4.69) is 4.90 Å². The normalized spacial score (nSPS) is 20.1. The number of hydrogen-bond acceptors (Lipinski definition) is 6. The number of halogens is 1. The van der Waals surface area contributed by atoms with E-state index in [1.165, 1.54) is 4.90 Å². The molecule has 0 aliphatic carbocycles. The van der Waals surface area contributed by atoms with Gasteiger partial charge in [0.1, 0.15) is 5.75 Å². The summed E-state index contributed by atoms with van der Waals surface area (Å²) in [6.07, 6.45) is 2.49. The fourth-order valence-electron chi connectivity index (χ4n) is 6.44. The smallest absolute Gasteiger partial charge is 0.263 e. The molecule has 2 saturated heterocycles. The standard InChI is InChI=1S/C33H34ClN3O5/c1-42-26-13-7-22(8-14-26)20-37-31(39)27-5-2-6-28(29(27)32(37)40)36-17-3-4-23(21-36)30(38)35-18-15-33(41,16-19-35)24-9-11-25(34)12-10-24/h2,5-14,23,41H,3-4,15-21H2,1H3. The SMILES string of the molecule is COc1ccc(CN2C(=O)c3cccc(N4CCCC(C(=O)N5CCC(O)(c6ccc(Cl)cc6)CC5)C4)c3C2=O)cc1. The Morgan fingerprint density at radius 1 is 0.976 bits per heavy atom. The predicted octanol–water partition coefficient (Wildman–Crippen LogP) is 4.87. The number of rotatable bonds is 6. The van der Waals surface area contributed by atoms with Gasteiger partial charge in [-0.1, -0.05) is 41.9 Å². The predicted molar refractivity (Wildman–Crippen MR) is 160 cm³/mol.